The van der Waals surface area contributed by atoms with Crippen LogP contribution in [-0.4, -0.2) is 33.5 Å². The number of fused-ring (bicyclic) bond motifs is 1. The first-order valence-electron chi connectivity index (χ1n) is 5.17. The van der Waals surface area contributed by atoms with E-state index in [2.05, 4.69) is 4.98 Å². The molecular weight excluding hydrogens is 226 g/mol. The second kappa shape index (κ2) is 3.88. The molecule has 6 heteroatoms. The zero-order valence-corrected chi connectivity index (χ0v) is 9.44. The van der Waals surface area contributed by atoms with Gasteiger partial charge in [-0.05, 0) is 6.42 Å². The molecule has 0 N–H and O–H groups in total. The molecule has 16 heavy (non-hydrogen) atoms. The van der Waals surface area contributed by atoms with Gasteiger partial charge in [-0.1, -0.05) is 0 Å². The average Bonchev–Trinajstić information content (AvgIpc) is 2.91. The van der Waals surface area contributed by atoms with Crippen molar-refractivity contribution in [3.63, 3.8) is 0 Å². The van der Waals surface area contributed by atoms with E-state index in [9.17, 15) is 4.79 Å². The molecule has 0 unspecified atom stereocenters. The van der Waals surface area contributed by atoms with Crippen LogP contribution in [0.15, 0.2) is 17.8 Å². The highest BCUT2D eigenvalue weighted by Gasteiger charge is 2.20. The lowest BCUT2D eigenvalue weighted by atomic mass is 10.3. The van der Waals surface area contributed by atoms with Gasteiger partial charge in [0.25, 0.3) is 5.91 Å². The topological polar surface area (TPSA) is 46.8 Å². The molecule has 84 valence electrons. The Labute approximate surface area is 96.2 Å². The van der Waals surface area contributed by atoms with Crippen molar-refractivity contribution in [3.05, 3.63) is 23.5 Å². The molecule has 1 aliphatic rings. The fraction of sp³-hybridized carbons (Fsp3) is 0.400. The molecule has 5 nitrogen and oxygen atoms in total. The largest absolute Gasteiger partial charge is 0.297 e. The average molecular weight is 237 g/mol. The van der Waals surface area contributed by atoms with Crippen molar-refractivity contribution in [1.29, 1.82) is 0 Å². The Kier molecular flexibility index (Phi) is 2.37. The SMILES string of the molecule is O=C(Cc1cn2ccsc2n1)N1CCCO1. The Bertz CT molecular complexity index is 484. The summed E-state index contributed by atoms with van der Waals surface area (Å²) in [6, 6.07) is 0. The van der Waals surface area contributed by atoms with Crippen LogP contribution in [0.4, 0.5) is 0 Å². The van der Waals surface area contributed by atoms with Crippen molar-refractivity contribution in [3.8, 4) is 0 Å². The standard InChI is InChI=1S/C10H11N3O2S/c14-9(13-2-1-4-15-13)6-8-7-12-3-5-16-10(12)11-8/h3,5,7H,1-2,4,6H2. The molecule has 0 spiro atoms. The second-order valence-corrected chi connectivity index (χ2v) is 4.56. The first-order chi connectivity index (χ1) is 7.83. The molecular formula is C10H11N3O2S. The van der Waals surface area contributed by atoms with Gasteiger partial charge in [0.1, 0.15) is 0 Å². The molecule has 3 heterocycles. The summed E-state index contributed by atoms with van der Waals surface area (Å²) in [5.41, 5.74) is 0.798. The zero-order valence-electron chi connectivity index (χ0n) is 8.63. The van der Waals surface area contributed by atoms with E-state index in [-0.39, 0.29) is 5.91 Å². The van der Waals surface area contributed by atoms with Crippen LogP contribution < -0.4 is 0 Å². The maximum absolute atomic E-state index is 11.8. The van der Waals surface area contributed by atoms with Crippen molar-refractivity contribution in [2.24, 2.45) is 0 Å². The number of amides is 1. The summed E-state index contributed by atoms with van der Waals surface area (Å²) in [5, 5.41) is 3.41. The van der Waals surface area contributed by atoms with E-state index < -0.39 is 0 Å². The van der Waals surface area contributed by atoms with Gasteiger partial charge in [-0.15, -0.1) is 11.3 Å². The Morgan fingerprint density at radius 1 is 1.62 bits per heavy atom. The van der Waals surface area contributed by atoms with Gasteiger partial charge in [-0.25, -0.2) is 10.0 Å². The van der Waals surface area contributed by atoms with Crippen molar-refractivity contribution in [2.75, 3.05) is 13.2 Å². The molecule has 2 aromatic rings. The van der Waals surface area contributed by atoms with Crippen molar-refractivity contribution >= 4 is 22.2 Å². The van der Waals surface area contributed by atoms with Gasteiger partial charge in [-0.2, -0.15) is 0 Å². The number of hydroxylamine groups is 2. The summed E-state index contributed by atoms with van der Waals surface area (Å²) in [4.78, 5) is 22.2. The van der Waals surface area contributed by atoms with Gasteiger partial charge in [0.2, 0.25) is 0 Å². The molecule has 0 bridgehead atoms. The maximum atomic E-state index is 11.8. The van der Waals surface area contributed by atoms with Gasteiger partial charge >= 0.3 is 0 Å². The fourth-order valence-electron chi connectivity index (χ4n) is 1.75. The molecule has 1 amide bonds. The molecule has 1 aliphatic heterocycles. The lowest BCUT2D eigenvalue weighted by molar-refractivity contribution is -0.167. The predicted octanol–water partition coefficient (Wildman–Crippen LogP) is 1.10. The highest BCUT2D eigenvalue weighted by atomic mass is 32.1. The smallest absolute Gasteiger partial charge is 0.252 e. The minimum atomic E-state index is -0.0109. The van der Waals surface area contributed by atoms with E-state index in [0.29, 0.717) is 19.6 Å². The zero-order chi connectivity index (χ0) is 11.0. The molecule has 1 fully saturated rings. The van der Waals surface area contributed by atoms with Crippen LogP contribution in [0, 0.1) is 0 Å². The van der Waals surface area contributed by atoms with Crippen LogP contribution in [0.2, 0.25) is 0 Å². The summed E-state index contributed by atoms with van der Waals surface area (Å²) >= 11 is 1.56. The number of hydrogen-bond donors (Lipinski definition) is 0. The molecule has 1 saturated heterocycles. The summed E-state index contributed by atoms with van der Waals surface area (Å²) in [7, 11) is 0. The minimum absolute atomic E-state index is 0.0109. The molecule has 0 atom stereocenters. The van der Waals surface area contributed by atoms with Crippen LogP contribution in [0.1, 0.15) is 12.1 Å². The molecule has 2 aromatic heterocycles. The second-order valence-electron chi connectivity index (χ2n) is 3.68. The molecule has 3 rings (SSSR count). The number of imidazole rings is 1. The first kappa shape index (κ1) is 9.80. The highest BCUT2D eigenvalue weighted by Crippen LogP contribution is 2.13. The Balaban J connectivity index is 1.74. The van der Waals surface area contributed by atoms with Crippen LogP contribution in [0.25, 0.3) is 4.96 Å². The van der Waals surface area contributed by atoms with E-state index >= 15 is 0 Å². The van der Waals surface area contributed by atoms with E-state index in [4.69, 9.17) is 4.84 Å². The summed E-state index contributed by atoms with van der Waals surface area (Å²) < 4.78 is 1.93. The Morgan fingerprint density at radius 3 is 3.31 bits per heavy atom. The van der Waals surface area contributed by atoms with Gasteiger partial charge in [0, 0.05) is 17.8 Å². The van der Waals surface area contributed by atoms with E-state index in [1.54, 1.807) is 11.3 Å². The summed E-state index contributed by atoms with van der Waals surface area (Å²) in [6.45, 7) is 1.34. The summed E-state index contributed by atoms with van der Waals surface area (Å²) in [5.74, 6) is -0.0109. The van der Waals surface area contributed by atoms with Crippen LogP contribution in [0.5, 0.6) is 0 Å². The third-order valence-corrected chi connectivity index (χ3v) is 3.28. The van der Waals surface area contributed by atoms with Crippen molar-refractivity contribution in [2.45, 2.75) is 12.8 Å². The number of thiazole rings is 1. The Morgan fingerprint density at radius 2 is 2.56 bits per heavy atom. The number of aromatic nitrogens is 2. The van der Waals surface area contributed by atoms with Crippen molar-refractivity contribution in [1.82, 2.24) is 14.4 Å². The van der Waals surface area contributed by atoms with E-state index in [0.717, 1.165) is 17.1 Å². The predicted molar refractivity (Wildman–Crippen MR) is 59.1 cm³/mol. The highest BCUT2D eigenvalue weighted by molar-refractivity contribution is 7.15. The Hall–Kier alpha value is -1.40. The lowest BCUT2D eigenvalue weighted by Crippen LogP contribution is -2.28. The third kappa shape index (κ3) is 1.70. The number of rotatable bonds is 2. The van der Waals surface area contributed by atoms with Crippen LogP contribution in [-0.2, 0) is 16.1 Å². The number of carbonyl (C=O) groups is 1. The summed E-state index contributed by atoms with van der Waals surface area (Å²) in [6.07, 6.45) is 5.06. The van der Waals surface area contributed by atoms with Crippen LogP contribution in [0.3, 0.4) is 0 Å². The monoisotopic (exact) mass is 237 g/mol. The van der Waals surface area contributed by atoms with Gasteiger partial charge in [0.15, 0.2) is 4.96 Å². The molecule has 0 aliphatic carbocycles. The lowest BCUT2D eigenvalue weighted by Gasteiger charge is -2.12. The maximum Gasteiger partial charge on any atom is 0.252 e. The molecule has 0 radical (unpaired) electrons. The number of hydrogen-bond acceptors (Lipinski definition) is 4. The van der Waals surface area contributed by atoms with Crippen LogP contribution >= 0.6 is 11.3 Å². The third-order valence-electron chi connectivity index (χ3n) is 2.51. The van der Waals surface area contributed by atoms with Gasteiger partial charge in [0.05, 0.1) is 25.3 Å². The van der Waals surface area contributed by atoms with Gasteiger partial charge < -0.3 is 0 Å². The van der Waals surface area contributed by atoms with Gasteiger partial charge in [-0.3, -0.25) is 14.0 Å². The van der Waals surface area contributed by atoms with Crippen molar-refractivity contribution < 1.29 is 9.63 Å². The minimum Gasteiger partial charge on any atom is -0.297 e. The quantitative estimate of drug-likeness (QED) is 0.786. The van der Waals surface area contributed by atoms with E-state index in [1.165, 1.54) is 5.06 Å². The first-order valence-corrected chi connectivity index (χ1v) is 6.05. The van der Waals surface area contributed by atoms with E-state index in [1.807, 2.05) is 22.2 Å². The molecule has 0 aromatic carbocycles. The normalized spacial score (nSPS) is 16.1. The number of nitrogens with zero attached hydrogens (tertiary/aromatic N) is 3. The fourth-order valence-corrected chi connectivity index (χ4v) is 2.47. The molecule has 0 saturated carbocycles. The number of carbonyl (C=O) groups excluding carboxylic acids is 1.